The Labute approximate surface area is 102 Å². The molecule has 1 aliphatic heterocycles. The number of carboxylic acids is 1. The summed E-state index contributed by atoms with van der Waals surface area (Å²) < 4.78 is 12.8. The lowest BCUT2D eigenvalue weighted by Gasteiger charge is -2.38. The molecule has 2 atom stereocenters. The number of rotatable bonds is 5. The molecule has 1 saturated heterocycles. The largest absolute Gasteiger partial charge is 0.477 e. The zero-order valence-electron chi connectivity index (χ0n) is 9.71. The molecular formula is C9H14FN3O5. The first-order chi connectivity index (χ1) is 8.38. The van der Waals surface area contributed by atoms with Gasteiger partial charge in [0.2, 0.25) is 5.91 Å². The normalized spacial score (nSPS) is 21.9. The summed E-state index contributed by atoms with van der Waals surface area (Å²) in [5.74, 6) is -2.50. The summed E-state index contributed by atoms with van der Waals surface area (Å²) in [6.45, 7) is 1.69. The van der Waals surface area contributed by atoms with Crippen LogP contribution in [0.5, 0.6) is 0 Å². The molecule has 0 radical (unpaired) electrons. The molecule has 1 heterocycles. The smallest absolute Gasteiger partial charge is 0.368 e. The van der Waals surface area contributed by atoms with Crippen molar-refractivity contribution in [1.29, 1.82) is 0 Å². The number of nitrogens with two attached hydrogens (primary N) is 1. The molecule has 3 N–H and O–H groups in total. The van der Waals surface area contributed by atoms with Crippen molar-refractivity contribution in [2.24, 2.45) is 5.73 Å². The summed E-state index contributed by atoms with van der Waals surface area (Å²) in [6, 6.07) is -1.57. The van der Waals surface area contributed by atoms with Crippen LogP contribution >= 0.6 is 0 Å². The van der Waals surface area contributed by atoms with E-state index in [-0.39, 0.29) is 19.5 Å². The van der Waals surface area contributed by atoms with Crippen LogP contribution in [0.15, 0.2) is 0 Å². The van der Waals surface area contributed by atoms with Gasteiger partial charge in [-0.1, -0.05) is 0 Å². The van der Waals surface area contributed by atoms with E-state index in [4.69, 9.17) is 10.8 Å². The number of carbonyl (C=O) groups is 3. The van der Waals surface area contributed by atoms with E-state index < -0.39 is 30.3 Å². The Bertz CT molecular complexity index is 364. The Morgan fingerprint density at radius 3 is 2.72 bits per heavy atom. The second-order valence-corrected chi connectivity index (χ2v) is 3.64. The minimum atomic E-state index is -2.63. The van der Waals surface area contributed by atoms with Crippen molar-refractivity contribution in [1.82, 2.24) is 9.96 Å². The van der Waals surface area contributed by atoms with E-state index >= 15 is 0 Å². The zero-order chi connectivity index (χ0) is 13.9. The number of hydrogen-bond donors (Lipinski definition) is 2. The molecule has 3 amide bonds. The summed E-state index contributed by atoms with van der Waals surface area (Å²) in [7, 11) is 0. The standard InChI is InChI=1S/C9H14FN3O5/c1-2-12-5(7(11)14)3-4-13(9(12)17)18-6(10)8(15)16/h5-6H,2-4H2,1H3,(H2,11,14)(H,15,16)/t5-,6?/m0/s1. The number of hydrogen-bond acceptors (Lipinski definition) is 4. The van der Waals surface area contributed by atoms with E-state index in [1.807, 2.05) is 0 Å². The van der Waals surface area contributed by atoms with Crippen LogP contribution in [0.3, 0.4) is 0 Å². The molecule has 1 unspecified atom stereocenters. The highest BCUT2D eigenvalue weighted by molar-refractivity contribution is 5.86. The van der Waals surface area contributed by atoms with Gasteiger partial charge in [0.05, 0.1) is 6.54 Å². The zero-order valence-corrected chi connectivity index (χ0v) is 9.71. The molecule has 0 aliphatic carbocycles. The molecule has 1 aliphatic rings. The molecule has 9 heteroatoms. The first kappa shape index (κ1) is 14.2. The number of halogens is 1. The molecule has 8 nitrogen and oxygen atoms in total. The number of primary amides is 1. The van der Waals surface area contributed by atoms with E-state index in [0.29, 0.717) is 5.06 Å². The Morgan fingerprint density at radius 2 is 2.28 bits per heavy atom. The third-order valence-corrected chi connectivity index (χ3v) is 2.52. The SMILES string of the molecule is CCN1C(=O)N(OC(F)C(=O)O)CC[C@H]1C(N)=O. The summed E-state index contributed by atoms with van der Waals surface area (Å²) in [5.41, 5.74) is 5.13. The first-order valence-electron chi connectivity index (χ1n) is 5.29. The van der Waals surface area contributed by atoms with Crippen LogP contribution in [-0.4, -0.2) is 58.5 Å². The highest BCUT2D eigenvalue weighted by atomic mass is 19.1. The average molecular weight is 263 g/mol. The van der Waals surface area contributed by atoms with Crippen molar-refractivity contribution in [2.45, 2.75) is 25.7 Å². The molecule has 1 fully saturated rings. The second-order valence-electron chi connectivity index (χ2n) is 3.64. The van der Waals surface area contributed by atoms with Crippen molar-refractivity contribution in [3.63, 3.8) is 0 Å². The maximum atomic E-state index is 12.8. The van der Waals surface area contributed by atoms with Crippen LogP contribution < -0.4 is 5.73 Å². The van der Waals surface area contributed by atoms with Crippen molar-refractivity contribution >= 4 is 17.9 Å². The third-order valence-electron chi connectivity index (χ3n) is 2.52. The van der Waals surface area contributed by atoms with Crippen LogP contribution in [0.1, 0.15) is 13.3 Å². The maximum absolute atomic E-state index is 12.8. The molecule has 0 saturated carbocycles. The van der Waals surface area contributed by atoms with Gasteiger partial charge in [0, 0.05) is 6.54 Å². The van der Waals surface area contributed by atoms with Gasteiger partial charge in [-0.25, -0.2) is 18.8 Å². The quantitative estimate of drug-likeness (QED) is 0.681. The number of urea groups is 1. The fraction of sp³-hybridized carbons (Fsp3) is 0.667. The number of aliphatic carboxylic acids is 1. The second kappa shape index (κ2) is 5.63. The van der Waals surface area contributed by atoms with Gasteiger partial charge in [0.15, 0.2) is 0 Å². The van der Waals surface area contributed by atoms with Crippen molar-refractivity contribution < 1.29 is 28.7 Å². The number of alkyl halides is 1. The summed E-state index contributed by atoms with van der Waals surface area (Å²) in [4.78, 5) is 38.6. The lowest BCUT2D eigenvalue weighted by molar-refractivity contribution is -0.226. The van der Waals surface area contributed by atoms with Gasteiger partial charge in [0.1, 0.15) is 6.04 Å². The predicted molar refractivity (Wildman–Crippen MR) is 55.7 cm³/mol. The monoisotopic (exact) mass is 263 g/mol. The number of hydroxylamine groups is 2. The van der Waals surface area contributed by atoms with Gasteiger partial charge >= 0.3 is 18.4 Å². The first-order valence-corrected chi connectivity index (χ1v) is 5.29. The molecular weight excluding hydrogens is 249 g/mol. The molecule has 0 aromatic carbocycles. The van der Waals surface area contributed by atoms with Crippen LogP contribution in [0.25, 0.3) is 0 Å². The molecule has 0 bridgehead atoms. The van der Waals surface area contributed by atoms with Gasteiger partial charge in [-0.3, -0.25) is 4.79 Å². The molecule has 0 aromatic rings. The van der Waals surface area contributed by atoms with Crippen LogP contribution in [0.4, 0.5) is 9.18 Å². The summed E-state index contributed by atoms with van der Waals surface area (Å²) in [6.07, 6.45) is -2.47. The van der Waals surface area contributed by atoms with Gasteiger partial charge in [0.25, 0.3) is 0 Å². The number of nitrogens with zero attached hydrogens (tertiary/aromatic N) is 2. The van der Waals surface area contributed by atoms with Gasteiger partial charge in [-0.15, -0.1) is 0 Å². The van der Waals surface area contributed by atoms with Crippen molar-refractivity contribution in [3.05, 3.63) is 0 Å². The predicted octanol–water partition coefficient (Wildman–Crippen LogP) is -0.700. The van der Waals surface area contributed by atoms with E-state index in [1.54, 1.807) is 6.92 Å². The molecule has 0 aromatic heterocycles. The van der Waals surface area contributed by atoms with Gasteiger partial charge in [-0.2, -0.15) is 5.06 Å². The Kier molecular flexibility index (Phi) is 4.43. The third kappa shape index (κ3) is 2.86. The Balaban J connectivity index is 2.74. The van der Waals surface area contributed by atoms with Gasteiger partial charge < -0.3 is 15.7 Å². The topological polar surface area (TPSA) is 113 Å². The fourth-order valence-corrected chi connectivity index (χ4v) is 1.67. The fourth-order valence-electron chi connectivity index (χ4n) is 1.67. The minimum absolute atomic E-state index is 0.101. The average Bonchev–Trinajstić information content (AvgIpc) is 2.30. The molecule has 102 valence electrons. The highest BCUT2D eigenvalue weighted by Gasteiger charge is 2.38. The lowest BCUT2D eigenvalue weighted by atomic mass is 10.1. The maximum Gasteiger partial charge on any atom is 0.368 e. The summed E-state index contributed by atoms with van der Waals surface area (Å²) in [5, 5.41) is 8.92. The van der Waals surface area contributed by atoms with E-state index in [1.165, 1.54) is 0 Å². The van der Waals surface area contributed by atoms with Crippen molar-refractivity contribution in [3.8, 4) is 0 Å². The highest BCUT2D eigenvalue weighted by Crippen LogP contribution is 2.17. The lowest BCUT2D eigenvalue weighted by Crippen LogP contribution is -2.58. The van der Waals surface area contributed by atoms with E-state index in [0.717, 1.165) is 4.90 Å². The van der Waals surface area contributed by atoms with Crippen LogP contribution in [-0.2, 0) is 14.4 Å². The number of amides is 3. The van der Waals surface area contributed by atoms with Crippen molar-refractivity contribution in [2.75, 3.05) is 13.1 Å². The Hall–Kier alpha value is -1.90. The van der Waals surface area contributed by atoms with Gasteiger partial charge in [-0.05, 0) is 13.3 Å². The van der Waals surface area contributed by atoms with Crippen LogP contribution in [0, 0.1) is 0 Å². The number of carbonyl (C=O) groups excluding carboxylic acids is 2. The van der Waals surface area contributed by atoms with E-state index in [2.05, 4.69) is 4.84 Å². The van der Waals surface area contributed by atoms with Crippen LogP contribution in [0.2, 0.25) is 0 Å². The number of carboxylic acid groups (broad SMARTS) is 1. The number of likely N-dealkylation sites (N-methyl/N-ethyl adjacent to an activating group) is 1. The minimum Gasteiger partial charge on any atom is -0.477 e. The molecule has 1 rings (SSSR count). The molecule has 18 heavy (non-hydrogen) atoms. The van der Waals surface area contributed by atoms with E-state index in [9.17, 15) is 18.8 Å². The molecule has 0 spiro atoms. The summed E-state index contributed by atoms with van der Waals surface area (Å²) >= 11 is 0. The Morgan fingerprint density at radius 1 is 1.67 bits per heavy atom.